The zero-order chi connectivity index (χ0) is 24.8. The maximum Gasteiger partial charge on any atom is 0.408 e. The molecule has 0 aliphatic heterocycles. The fourth-order valence-corrected chi connectivity index (χ4v) is 2.84. The summed E-state index contributed by atoms with van der Waals surface area (Å²) in [5.74, 6) is -3.35. The third-order valence-electron chi connectivity index (χ3n) is 4.29. The van der Waals surface area contributed by atoms with Gasteiger partial charge in [-0.05, 0) is 26.9 Å². The number of halogens is 6. The molecule has 0 amide bonds. The van der Waals surface area contributed by atoms with Crippen LogP contribution in [0.2, 0.25) is 5.15 Å². The highest BCUT2D eigenvalue weighted by atomic mass is 35.5. The van der Waals surface area contributed by atoms with Crippen LogP contribution in [0.15, 0.2) is 17.4 Å². The topological polar surface area (TPSA) is 107 Å². The lowest BCUT2D eigenvalue weighted by molar-refractivity contribution is -0.138. The lowest BCUT2D eigenvalue weighted by Crippen LogP contribution is -2.33. The summed E-state index contributed by atoms with van der Waals surface area (Å²) >= 11 is 6.07. The second-order valence-electron chi connectivity index (χ2n) is 6.69. The number of nitrogens with one attached hydrogen (secondary N) is 2. The van der Waals surface area contributed by atoms with Crippen LogP contribution in [-0.4, -0.2) is 55.3 Å². The second kappa shape index (κ2) is 11.3. The predicted molar refractivity (Wildman–Crippen MR) is 113 cm³/mol. The zero-order valence-electron chi connectivity index (χ0n) is 17.9. The van der Waals surface area contributed by atoms with Gasteiger partial charge in [0.2, 0.25) is 5.84 Å². The first-order valence-corrected chi connectivity index (χ1v) is 9.91. The van der Waals surface area contributed by atoms with Gasteiger partial charge in [-0.3, -0.25) is 0 Å². The van der Waals surface area contributed by atoms with E-state index in [0.717, 1.165) is 19.2 Å². The standard InChI is InChI=1S/C19H22ClF5N6O2/c1-9(19(23,24)25)29-15-12(33-6-4-5-27-2)7-11(21)13(14(15)22)10-8-28-18(30-16(10)20)17(26)31-32-3/h7-9,27,29H,4-6H2,1-3H3,(H2,26,31). The molecule has 0 spiro atoms. The summed E-state index contributed by atoms with van der Waals surface area (Å²) in [5, 5.41) is 7.88. The Kier molecular flexibility index (Phi) is 8.99. The van der Waals surface area contributed by atoms with Gasteiger partial charge in [-0.2, -0.15) is 13.2 Å². The van der Waals surface area contributed by atoms with Crippen LogP contribution in [0.25, 0.3) is 11.1 Å². The van der Waals surface area contributed by atoms with Crippen LogP contribution in [-0.2, 0) is 4.84 Å². The molecule has 0 aliphatic carbocycles. The van der Waals surface area contributed by atoms with Gasteiger partial charge in [-0.25, -0.2) is 18.7 Å². The van der Waals surface area contributed by atoms with E-state index in [-0.39, 0.29) is 23.8 Å². The number of ether oxygens (including phenoxy) is 1. The molecular weight excluding hydrogens is 475 g/mol. The minimum absolute atomic E-state index is 0.00478. The van der Waals surface area contributed by atoms with Gasteiger partial charge in [-0.1, -0.05) is 16.8 Å². The number of nitrogens with zero attached hydrogens (tertiary/aromatic N) is 3. The van der Waals surface area contributed by atoms with Crippen molar-refractivity contribution in [3.05, 3.63) is 34.9 Å². The van der Waals surface area contributed by atoms with Crippen LogP contribution >= 0.6 is 11.6 Å². The van der Waals surface area contributed by atoms with Gasteiger partial charge in [0.25, 0.3) is 0 Å². The van der Waals surface area contributed by atoms with E-state index in [1.807, 2.05) is 5.32 Å². The Hall–Kier alpha value is -2.93. The van der Waals surface area contributed by atoms with Crippen LogP contribution in [0.1, 0.15) is 19.2 Å². The van der Waals surface area contributed by atoms with Gasteiger partial charge in [0.1, 0.15) is 35.6 Å². The third kappa shape index (κ3) is 6.54. The summed E-state index contributed by atoms with van der Waals surface area (Å²) in [5.41, 5.74) is 3.85. The SMILES string of the molecule is CNCCCOc1cc(F)c(-c2cnc(/C(N)=N\OC)nc2Cl)c(F)c1NC(C)C(F)(F)F. The predicted octanol–water partition coefficient (Wildman–Crippen LogP) is 3.69. The van der Waals surface area contributed by atoms with Crippen LogP contribution in [0.3, 0.4) is 0 Å². The first-order chi connectivity index (χ1) is 15.5. The van der Waals surface area contributed by atoms with E-state index in [1.54, 1.807) is 7.05 Å². The van der Waals surface area contributed by atoms with Gasteiger partial charge >= 0.3 is 6.18 Å². The lowest BCUT2D eigenvalue weighted by Gasteiger charge is -2.22. The molecule has 33 heavy (non-hydrogen) atoms. The van der Waals surface area contributed by atoms with Crippen LogP contribution in [0, 0.1) is 11.6 Å². The van der Waals surface area contributed by atoms with E-state index in [4.69, 9.17) is 22.1 Å². The molecule has 0 aliphatic rings. The number of benzene rings is 1. The van der Waals surface area contributed by atoms with Crippen molar-refractivity contribution in [2.45, 2.75) is 25.6 Å². The number of alkyl halides is 3. The Morgan fingerprint density at radius 2 is 2.03 bits per heavy atom. The molecule has 1 atom stereocenters. The molecule has 0 saturated carbocycles. The van der Waals surface area contributed by atoms with Crippen molar-refractivity contribution >= 4 is 23.1 Å². The van der Waals surface area contributed by atoms with Gasteiger partial charge in [-0.15, -0.1) is 0 Å². The number of hydrogen-bond acceptors (Lipinski definition) is 7. The van der Waals surface area contributed by atoms with Crippen LogP contribution in [0.5, 0.6) is 5.75 Å². The summed E-state index contributed by atoms with van der Waals surface area (Å²) in [4.78, 5) is 12.1. The molecule has 2 aromatic rings. The Balaban J connectivity index is 2.57. The largest absolute Gasteiger partial charge is 0.491 e. The molecule has 1 aromatic carbocycles. The normalized spacial score (nSPS) is 13.1. The number of anilines is 1. The highest BCUT2D eigenvalue weighted by Crippen LogP contribution is 2.40. The first-order valence-electron chi connectivity index (χ1n) is 9.53. The van der Waals surface area contributed by atoms with Crippen molar-refractivity contribution in [1.29, 1.82) is 0 Å². The maximum absolute atomic E-state index is 15.4. The molecule has 8 nitrogen and oxygen atoms in total. The van der Waals surface area contributed by atoms with E-state index in [1.165, 1.54) is 7.11 Å². The lowest BCUT2D eigenvalue weighted by atomic mass is 10.0. The first kappa shape index (κ1) is 26.3. The molecule has 2 rings (SSSR count). The second-order valence-corrected chi connectivity index (χ2v) is 7.05. The molecule has 0 bridgehead atoms. The molecule has 1 unspecified atom stereocenters. The zero-order valence-corrected chi connectivity index (χ0v) is 18.6. The number of rotatable bonds is 10. The number of hydrogen-bond donors (Lipinski definition) is 3. The van der Waals surface area contributed by atoms with Gasteiger partial charge in [0.15, 0.2) is 11.6 Å². The van der Waals surface area contributed by atoms with E-state index < -0.39 is 46.0 Å². The van der Waals surface area contributed by atoms with E-state index >= 15 is 4.39 Å². The summed E-state index contributed by atoms with van der Waals surface area (Å²) in [6, 6.07) is -1.39. The van der Waals surface area contributed by atoms with Gasteiger partial charge < -0.3 is 25.9 Å². The molecule has 1 aromatic heterocycles. The Morgan fingerprint density at radius 3 is 2.61 bits per heavy atom. The minimum atomic E-state index is -4.70. The molecule has 0 saturated heterocycles. The number of amidine groups is 1. The molecule has 182 valence electrons. The average Bonchev–Trinajstić information content (AvgIpc) is 2.74. The fourth-order valence-electron chi connectivity index (χ4n) is 2.61. The number of nitrogens with two attached hydrogens (primary N) is 1. The van der Waals surface area contributed by atoms with Gasteiger partial charge in [0, 0.05) is 17.8 Å². The summed E-state index contributed by atoms with van der Waals surface area (Å²) in [7, 11) is 2.92. The molecule has 0 radical (unpaired) electrons. The smallest absolute Gasteiger partial charge is 0.408 e. The van der Waals surface area contributed by atoms with Crippen molar-refractivity contribution in [2.24, 2.45) is 10.9 Å². The highest BCUT2D eigenvalue weighted by molar-refractivity contribution is 6.32. The summed E-state index contributed by atoms with van der Waals surface area (Å²) in [6.45, 7) is 1.32. The molecular formula is C19H22ClF5N6O2. The van der Waals surface area contributed by atoms with Crippen molar-refractivity contribution in [2.75, 3.05) is 32.6 Å². The van der Waals surface area contributed by atoms with Crippen LogP contribution < -0.4 is 21.1 Å². The van der Waals surface area contributed by atoms with Crippen molar-refractivity contribution in [3.63, 3.8) is 0 Å². The minimum Gasteiger partial charge on any atom is -0.491 e. The molecule has 4 N–H and O–H groups in total. The Labute approximate surface area is 191 Å². The third-order valence-corrected chi connectivity index (χ3v) is 4.58. The van der Waals surface area contributed by atoms with Crippen LogP contribution in [0.4, 0.5) is 27.6 Å². The fraction of sp³-hybridized carbons (Fsp3) is 0.421. The molecule has 1 heterocycles. The highest BCUT2D eigenvalue weighted by Gasteiger charge is 2.37. The summed E-state index contributed by atoms with van der Waals surface area (Å²) in [6.07, 6.45) is -3.29. The average molecular weight is 497 g/mol. The van der Waals surface area contributed by atoms with E-state index in [0.29, 0.717) is 13.0 Å². The quantitative estimate of drug-likeness (QED) is 0.115. The number of aromatic nitrogens is 2. The van der Waals surface area contributed by atoms with E-state index in [9.17, 15) is 17.6 Å². The maximum atomic E-state index is 15.4. The molecule has 0 fully saturated rings. The summed E-state index contributed by atoms with van der Waals surface area (Å²) < 4.78 is 75.0. The van der Waals surface area contributed by atoms with Crippen molar-refractivity contribution in [3.8, 4) is 16.9 Å². The van der Waals surface area contributed by atoms with Crippen molar-refractivity contribution in [1.82, 2.24) is 15.3 Å². The van der Waals surface area contributed by atoms with E-state index in [2.05, 4.69) is 25.3 Å². The van der Waals surface area contributed by atoms with Gasteiger partial charge in [0.05, 0.1) is 12.2 Å². The monoisotopic (exact) mass is 496 g/mol. The Bertz CT molecular complexity index is 1010. The molecule has 14 heteroatoms. The number of oxime groups is 1. The van der Waals surface area contributed by atoms with Crippen molar-refractivity contribution < 1.29 is 31.5 Å². The Morgan fingerprint density at radius 1 is 1.33 bits per heavy atom.